The maximum atomic E-state index is 12.4. The molecular formula is C21H21N3O4S. The van der Waals surface area contributed by atoms with Crippen molar-refractivity contribution in [3.05, 3.63) is 76.2 Å². The number of benzene rings is 2. The van der Waals surface area contributed by atoms with Crippen LogP contribution in [0.25, 0.3) is 11.4 Å². The Hall–Kier alpha value is -3.26. The average molecular weight is 411 g/mol. The Morgan fingerprint density at radius 3 is 2.48 bits per heavy atom. The summed E-state index contributed by atoms with van der Waals surface area (Å²) in [5, 5.41) is 2.69. The molecule has 2 aromatic carbocycles. The Balaban J connectivity index is 1.68. The quantitative estimate of drug-likeness (QED) is 0.648. The van der Waals surface area contributed by atoms with Crippen LogP contribution in [0, 0.1) is 13.8 Å². The Morgan fingerprint density at radius 1 is 1.07 bits per heavy atom. The minimum Gasteiger partial charge on any atom is -0.326 e. The third kappa shape index (κ3) is 5.39. The zero-order valence-corrected chi connectivity index (χ0v) is 16.9. The van der Waals surface area contributed by atoms with Crippen LogP contribution in [0.2, 0.25) is 0 Å². The van der Waals surface area contributed by atoms with Gasteiger partial charge in [-0.3, -0.25) is 9.59 Å². The Kier molecular flexibility index (Phi) is 5.93. The summed E-state index contributed by atoms with van der Waals surface area (Å²) < 4.78 is 24.8. The lowest BCUT2D eigenvalue weighted by atomic mass is 10.2. The first-order valence-corrected chi connectivity index (χ1v) is 10.7. The number of nitrogens with zero attached hydrogens (tertiary/aromatic N) is 1. The fourth-order valence-corrected chi connectivity index (χ4v) is 4.01. The zero-order valence-electron chi connectivity index (χ0n) is 16.1. The first kappa shape index (κ1) is 20.5. The number of amides is 1. The Bertz CT molecular complexity index is 1200. The molecule has 1 amide bonds. The molecule has 0 saturated heterocycles. The summed E-state index contributed by atoms with van der Waals surface area (Å²) in [5.41, 5.74) is 2.41. The number of sulfone groups is 1. The zero-order chi connectivity index (χ0) is 21.0. The number of hydrogen-bond donors (Lipinski definition) is 2. The highest BCUT2D eigenvalue weighted by Gasteiger charge is 2.16. The topological polar surface area (TPSA) is 109 Å². The van der Waals surface area contributed by atoms with E-state index in [1.807, 2.05) is 6.92 Å². The number of aromatic nitrogens is 2. The molecule has 0 bridgehead atoms. The SMILES string of the molecule is Cc1ccc(S(=O)(=O)CCC(=O)Nc2cccc(-c3nc(C)cc(=O)[nH]3)c2)cc1. The summed E-state index contributed by atoms with van der Waals surface area (Å²) in [6.07, 6.45) is -0.167. The largest absolute Gasteiger partial charge is 0.326 e. The number of aromatic amines is 1. The van der Waals surface area contributed by atoms with Crippen LogP contribution in [0.3, 0.4) is 0 Å². The van der Waals surface area contributed by atoms with Crippen LogP contribution in [0.1, 0.15) is 17.7 Å². The van der Waals surface area contributed by atoms with Gasteiger partial charge in [0.15, 0.2) is 9.84 Å². The molecule has 150 valence electrons. The molecule has 3 rings (SSSR count). The number of aryl methyl sites for hydroxylation is 2. The number of nitrogens with one attached hydrogen (secondary N) is 2. The summed E-state index contributed by atoms with van der Waals surface area (Å²) in [6, 6.07) is 14.8. The summed E-state index contributed by atoms with van der Waals surface area (Å²) in [4.78, 5) is 31.0. The molecule has 0 unspecified atom stereocenters. The fraction of sp³-hybridized carbons (Fsp3) is 0.190. The van der Waals surface area contributed by atoms with Gasteiger partial charge in [0.05, 0.1) is 10.6 Å². The molecule has 7 nitrogen and oxygen atoms in total. The summed E-state index contributed by atoms with van der Waals surface area (Å²) >= 11 is 0. The minimum absolute atomic E-state index is 0.167. The monoisotopic (exact) mass is 411 g/mol. The number of anilines is 1. The van der Waals surface area contributed by atoms with Crippen molar-refractivity contribution in [3.8, 4) is 11.4 Å². The van der Waals surface area contributed by atoms with Crippen molar-refractivity contribution < 1.29 is 13.2 Å². The second-order valence-corrected chi connectivity index (χ2v) is 8.86. The van der Waals surface area contributed by atoms with Gasteiger partial charge in [-0.2, -0.15) is 0 Å². The number of carbonyl (C=O) groups excluding carboxylic acids is 1. The first-order chi connectivity index (χ1) is 13.7. The highest BCUT2D eigenvalue weighted by molar-refractivity contribution is 7.91. The Labute approximate surface area is 168 Å². The highest BCUT2D eigenvalue weighted by atomic mass is 32.2. The molecule has 0 radical (unpaired) electrons. The summed E-state index contributed by atoms with van der Waals surface area (Å²) in [6.45, 7) is 3.60. The fourth-order valence-electron chi connectivity index (χ4n) is 2.77. The molecule has 3 aromatic rings. The summed E-state index contributed by atoms with van der Waals surface area (Å²) in [7, 11) is -3.54. The number of carbonyl (C=O) groups is 1. The van der Waals surface area contributed by atoms with Crippen LogP contribution in [0.15, 0.2) is 64.3 Å². The van der Waals surface area contributed by atoms with Crippen molar-refractivity contribution in [2.24, 2.45) is 0 Å². The van der Waals surface area contributed by atoms with Crippen LogP contribution >= 0.6 is 0 Å². The van der Waals surface area contributed by atoms with E-state index in [9.17, 15) is 18.0 Å². The molecule has 8 heteroatoms. The van der Waals surface area contributed by atoms with Crippen LogP contribution in [0.4, 0.5) is 5.69 Å². The van der Waals surface area contributed by atoms with Crippen molar-refractivity contribution in [2.45, 2.75) is 25.2 Å². The maximum Gasteiger partial charge on any atom is 0.251 e. The molecule has 0 atom stereocenters. The molecule has 0 fully saturated rings. The molecule has 0 aliphatic rings. The first-order valence-electron chi connectivity index (χ1n) is 9.01. The van der Waals surface area contributed by atoms with Crippen molar-refractivity contribution in [1.82, 2.24) is 9.97 Å². The van der Waals surface area contributed by atoms with E-state index in [0.717, 1.165) is 5.56 Å². The molecule has 0 aliphatic carbocycles. The van der Waals surface area contributed by atoms with Gasteiger partial charge in [0.1, 0.15) is 5.82 Å². The highest BCUT2D eigenvalue weighted by Crippen LogP contribution is 2.19. The number of rotatable bonds is 6. The third-order valence-corrected chi connectivity index (χ3v) is 6.00. The minimum atomic E-state index is -3.54. The molecule has 1 heterocycles. The van der Waals surface area contributed by atoms with Crippen LogP contribution in [-0.4, -0.2) is 30.0 Å². The third-order valence-electron chi connectivity index (χ3n) is 4.27. The van der Waals surface area contributed by atoms with E-state index in [1.165, 1.54) is 6.07 Å². The van der Waals surface area contributed by atoms with E-state index in [4.69, 9.17) is 0 Å². The lowest BCUT2D eigenvalue weighted by Gasteiger charge is -2.08. The average Bonchev–Trinajstić information content (AvgIpc) is 2.66. The summed E-state index contributed by atoms with van der Waals surface area (Å²) in [5.74, 6) is -0.300. The molecule has 0 aliphatic heterocycles. The van der Waals surface area contributed by atoms with Crippen LogP contribution in [0.5, 0.6) is 0 Å². The molecular weight excluding hydrogens is 390 g/mol. The molecule has 1 aromatic heterocycles. The second-order valence-electron chi connectivity index (χ2n) is 6.75. The van der Waals surface area contributed by atoms with Gasteiger partial charge < -0.3 is 10.3 Å². The number of hydrogen-bond acceptors (Lipinski definition) is 5. The van der Waals surface area contributed by atoms with Gasteiger partial charge in [-0.05, 0) is 38.1 Å². The van der Waals surface area contributed by atoms with Gasteiger partial charge in [0, 0.05) is 29.4 Å². The van der Waals surface area contributed by atoms with Crippen LogP contribution in [-0.2, 0) is 14.6 Å². The van der Waals surface area contributed by atoms with Crippen molar-refractivity contribution >= 4 is 21.4 Å². The lowest BCUT2D eigenvalue weighted by Crippen LogP contribution is -2.17. The molecule has 0 saturated carbocycles. The van der Waals surface area contributed by atoms with Crippen LogP contribution < -0.4 is 10.9 Å². The van der Waals surface area contributed by atoms with E-state index in [-0.39, 0.29) is 22.6 Å². The Morgan fingerprint density at radius 2 is 1.79 bits per heavy atom. The van der Waals surface area contributed by atoms with Gasteiger partial charge in [-0.1, -0.05) is 29.8 Å². The molecule has 0 spiro atoms. The predicted molar refractivity (Wildman–Crippen MR) is 112 cm³/mol. The van der Waals surface area contributed by atoms with Gasteiger partial charge in [-0.15, -0.1) is 0 Å². The predicted octanol–water partition coefficient (Wildman–Crippen LogP) is 2.86. The molecule has 2 N–H and O–H groups in total. The van der Waals surface area contributed by atoms with E-state index in [2.05, 4.69) is 15.3 Å². The second kappa shape index (κ2) is 8.40. The standard InChI is InChI=1S/C21H21N3O4S/c1-14-6-8-18(9-7-14)29(27,28)11-10-19(25)23-17-5-3-4-16(13-17)21-22-15(2)12-20(26)24-21/h3-9,12-13H,10-11H2,1-2H3,(H,23,25)(H,22,24,26). The van der Waals surface area contributed by atoms with E-state index in [1.54, 1.807) is 55.5 Å². The van der Waals surface area contributed by atoms with Gasteiger partial charge >= 0.3 is 0 Å². The van der Waals surface area contributed by atoms with E-state index in [0.29, 0.717) is 22.8 Å². The van der Waals surface area contributed by atoms with Crippen molar-refractivity contribution in [3.63, 3.8) is 0 Å². The van der Waals surface area contributed by atoms with Gasteiger partial charge in [0.2, 0.25) is 5.91 Å². The van der Waals surface area contributed by atoms with E-state index >= 15 is 0 Å². The smallest absolute Gasteiger partial charge is 0.251 e. The van der Waals surface area contributed by atoms with Crippen molar-refractivity contribution in [2.75, 3.05) is 11.1 Å². The van der Waals surface area contributed by atoms with Gasteiger partial charge in [-0.25, -0.2) is 13.4 Å². The van der Waals surface area contributed by atoms with Gasteiger partial charge in [0.25, 0.3) is 5.56 Å². The van der Waals surface area contributed by atoms with Crippen molar-refractivity contribution in [1.29, 1.82) is 0 Å². The normalized spacial score (nSPS) is 11.2. The number of H-pyrrole nitrogens is 1. The maximum absolute atomic E-state index is 12.4. The molecule has 29 heavy (non-hydrogen) atoms. The lowest BCUT2D eigenvalue weighted by molar-refractivity contribution is -0.115. The van der Waals surface area contributed by atoms with E-state index < -0.39 is 15.7 Å².